The van der Waals surface area contributed by atoms with E-state index in [9.17, 15) is 9.59 Å². The van der Waals surface area contributed by atoms with E-state index in [1.165, 1.54) is 4.90 Å². The van der Waals surface area contributed by atoms with Gasteiger partial charge in [-0.25, -0.2) is 4.79 Å². The first-order valence-electron chi connectivity index (χ1n) is 9.40. The summed E-state index contributed by atoms with van der Waals surface area (Å²) < 4.78 is 5.26. The van der Waals surface area contributed by atoms with E-state index in [4.69, 9.17) is 9.84 Å². The molecule has 3 aromatic rings. The maximum Gasteiger partial charge on any atom is 0.317 e. The molecule has 0 saturated heterocycles. The van der Waals surface area contributed by atoms with Crippen LogP contribution in [0.5, 0.6) is 5.75 Å². The second-order valence-electron chi connectivity index (χ2n) is 6.87. The van der Waals surface area contributed by atoms with Crippen molar-refractivity contribution in [2.45, 2.75) is 12.3 Å². The number of carbonyl (C=O) groups is 2. The molecule has 7 heteroatoms. The van der Waals surface area contributed by atoms with Crippen molar-refractivity contribution >= 4 is 22.9 Å². The number of aromatic nitrogens is 1. The highest BCUT2D eigenvalue weighted by atomic mass is 16.5. The Morgan fingerprint density at radius 1 is 1.17 bits per heavy atom. The van der Waals surface area contributed by atoms with Crippen LogP contribution < -0.4 is 10.1 Å². The van der Waals surface area contributed by atoms with Crippen LogP contribution in [0, 0.1) is 0 Å². The van der Waals surface area contributed by atoms with Crippen LogP contribution >= 0.6 is 0 Å². The fourth-order valence-electron chi connectivity index (χ4n) is 3.32. The van der Waals surface area contributed by atoms with Gasteiger partial charge >= 0.3 is 12.0 Å². The molecule has 29 heavy (non-hydrogen) atoms. The molecule has 7 nitrogen and oxygen atoms in total. The number of hydrogen-bond donors (Lipinski definition) is 3. The third-order valence-electron chi connectivity index (χ3n) is 4.98. The van der Waals surface area contributed by atoms with E-state index in [1.54, 1.807) is 14.2 Å². The van der Waals surface area contributed by atoms with E-state index >= 15 is 0 Å². The van der Waals surface area contributed by atoms with Crippen molar-refractivity contribution < 1.29 is 19.4 Å². The number of rotatable bonds is 8. The van der Waals surface area contributed by atoms with Crippen LogP contribution in [-0.2, 0) is 4.79 Å². The average molecular weight is 395 g/mol. The van der Waals surface area contributed by atoms with Crippen molar-refractivity contribution in [2.75, 3.05) is 27.2 Å². The van der Waals surface area contributed by atoms with Crippen LogP contribution in [-0.4, -0.2) is 54.2 Å². The predicted molar refractivity (Wildman–Crippen MR) is 111 cm³/mol. The van der Waals surface area contributed by atoms with Gasteiger partial charge in [0.1, 0.15) is 5.75 Å². The first-order valence-corrected chi connectivity index (χ1v) is 9.40. The fourth-order valence-corrected chi connectivity index (χ4v) is 3.32. The molecule has 0 aliphatic carbocycles. The second kappa shape index (κ2) is 9.14. The Hall–Kier alpha value is -3.48. The lowest BCUT2D eigenvalue weighted by atomic mass is 9.91. The van der Waals surface area contributed by atoms with Crippen molar-refractivity contribution in [2.24, 2.45) is 0 Å². The van der Waals surface area contributed by atoms with E-state index < -0.39 is 5.97 Å². The smallest absolute Gasteiger partial charge is 0.317 e. The lowest BCUT2D eigenvalue weighted by molar-refractivity contribution is -0.137. The summed E-state index contributed by atoms with van der Waals surface area (Å²) in [5.74, 6) is -0.239. The number of nitrogens with zero attached hydrogens (tertiary/aromatic N) is 1. The van der Waals surface area contributed by atoms with E-state index in [1.807, 2.05) is 48.7 Å². The SMILES string of the molecule is COc1ccc(C(CNC(=O)N(C)CCC(=O)O)c2c[nH]c3ccccc23)cc1. The number of para-hydroxylation sites is 1. The van der Waals surface area contributed by atoms with E-state index in [-0.39, 0.29) is 24.9 Å². The summed E-state index contributed by atoms with van der Waals surface area (Å²) in [4.78, 5) is 27.8. The van der Waals surface area contributed by atoms with Crippen LogP contribution in [0.4, 0.5) is 4.79 Å². The minimum absolute atomic E-state index is 0.0751. The van der Waals surface area contributed by atoms with Crippen LogP contribution in [0.3, 0.4) is 0 Å². The number of hydrogen-bond acceptors (Lipinski definition) is 3. The lowest BCUT2D eigenvalue weighted by Gasteiger charge is -2.22. The number of fused-ring (bicyclic) bond motifs is 1. The molecule has 0 aliphatic rings. The van der Waals surface area contributed by atoms with E-state index in [0.29, 0.717) is 6.54 Å². The number of amides is 2. The van der Waals surface area contributed by atoms with Crippen molar-refractivity contribution in [3.05, 3.63) is 65.9 Å². The number of benzene rings is 2. The summed E-state index contributed by atoms with van der Waals surface area (Å²) in [7, 11) is 3.21. The monoisotopic (exact) mass is 395 g/mol. The molecule has 1 aromatic heterocycles. The zero-order chi connectivity index (χ0) is 20.8. The average Bonchev–Trinajstić information content (AvgIpc) is 3.16. The highest BCUT2D eigenvalue weighted by Crippen LogP contribution is 2.31. The number of aliphatic carboxylic acids is 1. The molecule has 1 heterocycles. The summed E-state index contributed by atoms with van der Waals surface area (Å²) in [5, 5.41) is 12.8. The highest BCUT2D eigenvalue weighted by Gasteiger charge is 2.20. The molecule has 0 aliphatic heterocycles. The Kier molecular flexibility index (Phi) is 6.39. The molecule has 0 bridgehead atoms. The van der Waals surface area contributed by atoms with Gasteiger partial charge in [0.15, 0.2) is 0 Å². The number of nitrogens with one attached hydrogen (secondary N) is 2. The molecule has 3 N–H and O–H groups in total. The fraction of sp³-hybridized carbons (Fsp3) is 0.273. The molecule has 1 atom stereocenters. The molecule has 152 valence electrons. The third kappa shape index (κ3) is 4.87. The van der Waals surface area contributed by atoms with Crippen LogP contribution in [0.2, 0.25) is 0 Å². The van der Waals surface area contributed by atoms with Crippen molar-refractivity contribution in [3.8, 4) is 5.75 Å². The summed E-state index contributed by atoms with van der Waals surface area (Å²) in [6.07, 6.45) is 1.88. The van der Waals surface area contributed by atoms with Crippen LogP contribution in [0.25, 0.3) is 10.9 Å². The Morgan fingerprint density at radius 2 is 1.90 bits per heavy atom. The normalized spacial score (nSPS) is 11.8. The van der Waals surface area contributed by atoms with Crippen LogP contribution in [0.15, 0.2) is 54.7 Å². The van der Waals surface area contributed by atoms with Gasteiger partial charge in [0.05, 0.1) is 13.5 Å². The zero-order valence-corrected chi connectivity index (χ0v) is 16.5. The maximum atomic E-state index is 12.4. The zero-order valence-electron chi connectivity index (χ0n) is 16.5. The largest absolute Gasteiger partial charge is 0.497 e. The standard InChI is InChI=1S/C22H25N3O4/c1-25(12-11-21(26)27)22(28)24-13-18(15-7-9-16(29-2)10-8-15)19-14-23-20-6-4-3-5-17(19)20/h3-10,14,18,23H,11-13H2,1-2H3,(H,24,28)(H,26,27). The number of carboxylic acid groups (broad SMARTS) is 1. The Labute approximate surface area is 169 Å². The van der Waals surface area contributed by atoms with Gasteiger partial charge < -0.3 is 25.0 Å². The first kappa shape index (κ1) is 20.3. The van der Waals surface area contributed by atoms with Gasteiger partial charge in [0, 0.05) is 43.2 Å². The quantitative estimate of drug-likeness (QED) is 0.545. The van der Waals surface area contributed by atoms with Gasteiger partial charge in [-0.2, -0.15) is 0 Å². The molecule has 0 fully saturated rings. The van der Waals surface area contributed by atoms with Crippen LogP contribution in [0.1, 0.15) is 23.5 Å². The summed E-state index contributed by atoms with van der Waals surface area (Å²) in [6, 6.07) is 15.5. The lowest BCUT2D eigenvalue weighted by Crippen LogP contribution is -2.40. The van der Waals surface area contributed by atoms with E-state index in [2.05, 4.69) is 16.4 Å². The topological polar surface area (TPSA) is 94.7 Å². The minimum Gasteiger partial charge on any atom is -0.497 e. The summed E-state index contributed by atoms with van der Waals surface area (Å²) >= 11 is 0. The Balaban J connectivity index is 1.83. The highest BCUT2D eigenvalue weighted by molar-refractivity contribution is 5.84. The second-order valence-corrected chi connectivity index (χ2v) is 6.87. The van der Waals surface area contributed by atoms with Crippen molar-refractivity contribution in [3.63, 3.8) is 0 Å². The van der Waals surface area contributed by atoms with Gasteiger partial charge in [0.2, 0.25) is 0 Å². The van der Waals surface area contributed by atoms with Gasteiger partial charge in [0.25, 0.3) is 0 Å². The molecular weight excluding hydrogens is 370 g/mol. The number of carbonyl (C=O) groups excluding carboxylic acids is 1. The van der Waals surface area contributed by atoms with Gasteiger partial charge in [-0.3, -0.25) is 4.79 Å². The Bertz CT molecular complexity index is 981. The summed E-state index contributed by atoms with van der Waals surface area (Å²) in [6.45, 7) is 0.534. The number of ether oxygens (including phenoxy) is 1. The minimum atomic E-state index is -0.931. The molecule has 1 unspecified atom stereocenters. The number of urea groups is 1. The van der Waals surface area contributed by atoms with Gasteiger partial charge in [-0.1, -0.05) is 30.3 Å². The number of methoxy groups -OCH3 is 1. The summed E-state index contributed by atoms with van der Waals surface area (Å²) in [5.41, 5.74) is 3.16. The molecular formula is C22H25N3O4. The molecule has 0 saturated carbocycles. The Morgan fingerprint density at radius 3 is 2.59 bits per heavy atom. The predicted octanol–water partition coefficient (Wildman–Crippen LogP) is 3.42. The molecule has 2 aromatic carbocycles. The number of carboxylic acids is 1. The van der Waals surface area contributed by atoms with Gasteiger partial charge in [-0.05, 0) is 29.3 Å². The molecule has 3 rings (SSSR count). The number of aromatic amines is 1. The maximum absolute atomic E-state index is 12.4. The third-order valence-corrected chi connectivity index (χ3v) is 4.98. The van der Waals surface area contributed by atoms with Gasteiger partial charge in [-0.15, -0.1) is 0 Å². The number of H-pyrrole nitrogens is 1. The first-order chi connectivity index (χ1) is 14.0. The van der Waals surface area contributed by atoms with Crippen molar-refractivity contribution in [1.82, 2.24) is 15.2 Å². The molecule has 0 radical (unpaired) electrons. The van der Waals surface area contributed by atoms with E-state index in [0.717, 1.165) is 27.8 Å². The van der Waals surface area contributed by atoms with Crippen molar-refractivity contribution in [1.29, 1.82) is 0 Å². The molecule has 2 amide bonds. The molecule has 0 spiro atoms.